The van der Waals surface area contributed by atoms with Gasteiger partial charge in [0.1, 0.15) is 0 Å². The topological polar surface area (TPSA) is 103 Å². The van der Waals surface area contributed by atoms with E-state index in [9.17, 15) is 9.59 Å². The number of carbonyl (C=O) groups is 1. The maximum atomic E-state index is 12.7. The van der Waals surface area contributed by atoms with Gasteiger partial charge in [0.25, 0.3) is 5.56 Å². The lowest BCUT2D eigenvalue weighted by atomic mass is 10.2. The van der Waals surface area contributed by atoms with Crippen molar-refractivity contribution < 1.29 is 4.79 Å². The van der Waals surface area contributed by atoms with E-state index < -0.39 is 0 Å². The molecule has 0 saturated heterocycles. The molecule has 2 rings (SSSR count). The maximum Gasteiger partial charge on any atom is 0.262 e. The molecule has 1 amide bonds. The molecule has 0 bridgehead atoms. The average Bonchev–Trinajstić information content (AvgIpc) is 2.69. The van der Waals surface area contributed by atoms with Crippen molar-refractivity contribution in [2.24, 2.45) is 0 Å². The van der Waals surface area contributed by atoms with E-state index in [4.69, 9.17) is 10.5 Å². The molecule has 0 fully saturated rings. The Morgan fingerprint density at radius 1 is 1.26 bits per heavy atom. The number of rotatable bonds is 9. The van der Waals surface area contributed by atoms with Crippen LogP contribution in [0.3, 0.4) is 0 Å². The molecule has 0 atom stereocenters. The van der Waals surface area contributed by atoms with Crippen molar-refractivity contribution in [2.45, 2.75) is 24.5 Å². The van der Waals surface area contributed by atoms with E-state index in [1.165, 1.54) is 21.2 Å². The molecule has 0 aliphatic heterocycles. The number of hydrogen-bond donors (Lipinski definition) is 0. The van der Waals surface area contributed by atoms with Gasteiger partial charge in [0.05, 0.1) is 41.6 Å². The second-order valence-corrected chi connectivity index (χ2v) is 6.54. The number of allylic oxidation sites excluding steroid dienone is 1. The number of aromatic nitrogens is 2. The molecule has 0 spiro atoms. The third-order valence-electron chi connectivity index (χ3n) is 3.80. The van der Waals surface area contributed by atoms with Gasteiger partial charge in [-0.15, -0.1) is 6.58 Å². The van der Waals surface area contributed by atoms with Crippen LogP contribution in [0.4, 0.5) is 0 Å². The van der Waals surface area contributed by atoms with Crippen LogP contribution in [0.2, 0.25) is 0 Å². The van der Waals surface area contributed by atoms with Gasteiger partial charge in [0.2, 0.25) is 5.91 Å². The summed E-state index contributed by atoms with van der Waals surface area (Å²) in [7, 11) is 0. The Hall–Kier alpha value is -3.10. The fourth-order valence-electron chi connectivity index (χ4n) is 2.50. The summed E-state index contributed by atoms with van der Waals surface area (Å²) in [5, 5.41) is 18.4. The van der Waals surface area contributed by atoms with Crippen molar-refractivity contribution in [3.63, 3.8) is 0 Å². The third kappa shape index (κ3) is 5.19. The summed E-state index contributed by atoms with van der Waals surface area (Å²) >= 11 is 1.17. The zero-order valence-corrected chi connectivity index (χ0v) is 15.6. The summed E-state index contributed by atoms with van der Waals surface area (Å²) in [6, 6.07) is 11.1. The quantitative estimate of drug-likeness (QED) is 0.375. The molecule has 0 aliphatic carbocycles. The molecule has 0 radical (unpaired) electrons. The van der Waals surface area contributed by atoms with Crippen molar-refractivity contribution in [1.82, 2.24) is 14.5 Å². The van der Waals surface area contributed by atoms with Gasteiger partial charge in [-0.1, -0.05) is 30.0 Å². The molecule has 8 heteroatoms. The lowest BCUT2D eigenvalue weighted by Gasteiger charge is -2.20. The van der Waals surface area contributed by atoms with Crippen LogP contribution in [0.15, 0.2) is 46.9 Å². The third-order valence-corrected chi connectivity index (χ3v) is 4.76. The van der Waals surface area contributed by atoms with E-state index in [1.54, 1.807) is 30.3 Å². The smallest absolute Gasteiger partial charge is 0.262 e. The number of hydrogen-bond acceptors (Lipinski definition) is 6. The number of carbonyl (C=O) groups excluding carboxylic acids is 1. The Labute approximate surface area is 161 Å². The maximum absolute atomic E-state index is 12.7. The Morgan fingerprint density at radius 2 is 1.93 bits per heavy atom. The first-order valence-corrected chi connectivity index (χ1v) is 9.36. The second-order valence-electron chi connectivity index (χ2n) is 5.60. The molecular formula is C19H19N5O2S. The van der Waals surface area contributed by atoms with E-state index >= 15 is 0 Å². The standard InChI is InChI=1S/C19H19N5O2S/c1-2-11-24-18(26)15-7-3-4-8-16(15)22-19(24)27-14-17(25)23(12-5-9-20)13-6-10-21/h2-4,7-8H,1,5-6,11-14H2. The van der Waals surface area contributed by atoms with Gasteiger partial charge in [-0.25, -0.2) is 4.98 Å². The summed E-state index contributed by atoms with van der Waals surface area (Å²) in [4.78, 5) is 31.2. The monoisotopic (exact) mass is 381 g/mol. The lowest BCUT2D eigenvalue weighted by molar-refractivity contribution is -0.128. The van der Waals surface area contributed by atoms with Crippen molar-refractivity contribution in [3.05, 3.63) is 47.3 Å². The zero-order valence-electron chi connectivity index (χ0n) is 14.8. The number of nitrogens with zero attached hydrogens (tertiary/aromatic N) is 5. The molecule has 1 heterocycles. The predicted octanol–water partition coefficient (Wildman–Crippen LogP) is 2.33. The molecule has 7 nitrogen and oxygen atoms in total. The highest BCUT2D eigenvalue weighted by molar-refractivity contribution is 7.99. The van der Waals surface area contributed by atoms with Crippen LogP contribution >= 0.6 is 11.8 Å². The molecule has 27 heavy (non-hydrogen) atoms. The molecule has 0 saturated carbocycles. The summed E-state index contributed by atoms with van der Waals surface area (Å²) in [6.07, 6.45) is 2.02. The summed E-state index contributed by atoms with van der Waals surface area (Å²) < 4.78 is 1.49. The van der Waals surface area contributed by atoms with E-state index in [0.29, 0.717) is 22.6 Å². The van der Waals surface area contributed by atoms with Crippen LogP contribution < -0.4 is 5.56 Å². The van der Waals surface area contributed by atoms with E-state index in [-0.39, 0.29) is 43.2 Å². The Kier molecular flexibility index (Phi) is 7.60. The van der Waals surface area contributed by atoms with Gasteiger partial charge >= 0.3 is 0 Å². The van der Waals surface area contributed by atoms with Crippen LogP contribution in [-0.2, 0) is 11.3 Å². The van der Waals surface area contributed by atoms with Crippen LogP contribution in [0.1, 0.15) is 12.8 Å². The molecule has 0 N–H and O–H groups in total. The number of thioether (sulfide) groups is 1. The number of fused-ring (bicyclic) bond motifs is 1. The van der Waals surface area contributed by atoms with E-state index in [2.05, 4.69) is 11.6 Å². The van der Waals surface area contributed by atoms with Crippen molar-refractivity contribution in [3.8, 4) is 12.1 Å². The predicted molar refractivity (Wildman–Crippen MR) is 104 cm³/mol. The van der Waals surface area contributed by atoms with Gasteiger partial charge in [0, 0.05) is 19.6 Å². The van der Waals surface area contributed by atoms with Crippen LogP contribution in [0.25, 0.3) is 10.9 Å². The van der Waals surface area contributed by atoms with Crippen molar-refractivity contribution >= 4 is 28.6 Å². The minimum absolute atomic E-state index is 0.0682. The lowest BCUT2D eigenvalue weighted by Crippen LogP contribution is -2.34. The van der Waals surface area contributed by atoms with Gasteiger partial charge in [-0.3, -0.25) is 14.2 Å². The van der Waals surface area contributed by atoms with E-state index in [1.807, 2.05) is 12.1 Å². The Morgan fingerprint density at radius 3 is 2.56 bits per heavy atom. The number of amides is 1. The first-order valence-electron chi connectivity index (χ1n) is 8.37. The average molecular weight is 381 g/mol. The fraction of sp³-hybridized carbons (Fsp3) is 0.316. The molecule has 0 aliphatic rings. The second kappa shape index (κ2) is 10.1. The van der Waals surface area contributed by atoms with E-state index in [0.717, 1.165) is 0 Å². The number of benzene rings is 1. The van der Waals surface area contributed by atoms with Gasteiger partial charge in [-0.05, 0) is 12.1 Å². The number of para-hydroxylation sites is 1. The zero-order chi connectivity index (χ0) is 19.6. The van der Waals surface area contributed by atoms with Gasteiger partial charge in [0.15, 0.2) is 5.16 Å². The van der Waals surface area contributed by atoms with Crippen molar-refractivity contribution in [2.75, 3.05) is 18.8 Å². The summed E-state index contributed by atoms with van der Waals surface area (Å²) in [5.74, 6) is -0.128. The molecule has 1 aromatic heterocycles. The normalized spacial score (nSPS) is 10.1. The summed E-state index contributed by atoms with van der Waals surface area (Å²) in [6.45, 7) is 4.53. The van der Waals surface area contributed by atoms with Crippen LogP contribution in [-0.4, -0.2) is 39.2 Å². The van der Waals surface area contributed by atoms with Crippen LogP contribution in [0.5, 0.6) is 0 Å². The Bertz CT molecular complexity index is 953. The minimum atomic E-state index is -0.196. The van der Waals surface area contributed by atoms with Gasteiger partial charge < -0.3 is 4.90 Å². The fourth-order valence-corrected chi connectivity index (χ4v) is 3.41. The number of nitriles is 2. The SMILES string of the molecule is C=CCn1c(SCC(=O)N(CCC#N)CCC#N)nc2ccccc2c1=O. The van der Waals surface area contributed by atoms with Crippen molar-refractivity contribution in [1.29, 1.82) is 10.5 Å². The largest absolute Gasteiger partial charge is 0.340 e. The first kappa shape index (κ1) is 20.2. The highest BCUT2D eigenvalue weighted by atomic mass is 32.2. The Balaban J connectivity index is 2.24. The molecule has 138 valence electrons. The molecule has 0 unspecified atom stereocenters. The molecule has 1 aromatic carbocycles. The first-order chi connectivity index (χ1) is 13.1. The molecular weight excluding hydrogens is 362 g/mol. The van der Waals surface area contributed by atoms with Crippen LogP contribution in [0, 0.1) is 22.7 Å². The highest BCUT2D eigenvalue weighted by Crippen LogP contribution is 2.18. The highest BCUT2D eigenvalue weighted by Gasteiger charge is 2.16. The molecule has 2 aromatic rings. The summed E-state index contributed by atoms with van der Waals surface area (Å²) in [5.41, 5.74) is 0.393. The minimum Gasteiger partial charge on any atom is -0.340 e. The van der Waals surface area contributed by atoms with Gasteiger partial charge in [-0.2, -0.15) is 10.5 Å².